The van der Waals surface area contributed by atoms with Crippen molar-refractivity contribution in [3.8, 4) is 0 Å². The number of nitrogens with zero attached hydrogens (tertiary/aromatic N) is 2. The van der Waals surface area contributed by atoms with Crippen molar-refractivity contribution in [2.45, 2.75) is 19.9 Å². The largest absolute Gasteiger partial charge is 0.465 e. The molecule has 20 heavy (non-hydrogen) atoms. The highest BCUT2D eigenvalue weighted by Gasteiger charge is 2.47. The van der Waals surface area contributed by atoms with Gasteiger partial charge in [-0.05, 0) is 17.9 Å². The van der Waals surface area contributed by atoms with Crippen LogP contribution in [0.2, 0.25) is 0 Å². The van der Waals surface area contributed by atoms with Gasteiger partial charge >= 0.3 is 6.09 Å². The van der Waals surface area contributed by atoms with Gasteiger partial charge in [-0.25, -0.2) is 4.79 Å². The first-order chi connectivity index (χ1) is 9.57. The van der Waals surface area contributed by atoms with Crippen molar-refractivity contribution in [2.24, 2.45) is 11.3 Å². The summed E-state index contributed by atoms with van der Waals surface area (Å²) < 4.78 is 0. The molecule has 2 atom stereocenters. The molecule has 0 aliphatic carbocycles. The van der Waals surface area contributed by atoms with Crippen molar-refractivity contribution >= 4 is 6.09 Å². The normalized spacial score (nSPS) is 30.2. The van der Waals surface area contributed by atoms with Crippen LogP contribution in [0.3, 0.4) is 0 Å². The van der Waals surface area contributed by atoms with Crippen molar-refractivity contribution in [1.29, 1.82) is 0 Å². The highest BCUT2D eigenvalue weighted by molar-refractivity contribution is 5.65. The van der Waals surface area contributed by atoms with Crippen LogP contribution in [-0.2, 0) is 6.54 Å². The van der Waals surface area contributed by atoms with Gasteiger partial charge in [-0.2, -0.15) is 0 Å². The van der Waals surface area contributed by atoms with Gasteiger partial charge in [-0.1, -0.05) is 37.3 Å². The molecule has 0 saturated carbocycles. The van der Waals surface area contributed by atoms with Gasteiger partial charge in [0.25, 0.3) is 0 Å². The summed E-state index contributed by atoms with van der Waals surface area (Å²) in [6.07, 6.45) is 0.222. The molecule has 1 aromatic rings. The van der Waals surface area contributed by atoms with Crippen LogP contribution in [0.25, 0.3) is 0 Å². The van der Waals surface area contributed by atoms with E-state index in [0.29, 0.717) is 19.0 Å². The lowest BCUT2D eigenvalue weighted by Crippen LogP contribution is -2.48. The smallest absolute Gasteiger partial charge is 0.407 e. The third-order valence-corrected chi connectivity index (χ3v) is 4.87. The summed E-state index contributed by atoms with van der Waals surface area (Å²) in [5.41, 5.74) is 1.45. The molecule has 2 fully saturated rings. The number of amides is 1. The molecular formula is C16H22N2O2. The molecule has 2 saturated heterocycles. The second-order valence-electron chi connectivity index (χ2n) is 6.50. The van der Waals surface area contributed by atoms with Crippen LogP contribution < -0.4 is 0 Å². The Bertz CT molecular complexity index is 491. The molecule has 0 bridgehead atoms. The number of likely N-dealkylation sites (tertiary alicyclic amines) is 2. The second-order valence-corrected chi connectivity index (χ2v) is 6.50. The minimum Gasteiger partial charge on any atom is -0.465 e. The summed E-state index contributed by atoms with van der Waals surface area (Å²) in [5.74, 6) is 0.627. The predicted octanol–water partition coefficient (Wildman–Crippen LogP) is 2.51. The first-order valence-electron chi connectivity index (χ1n) is 7.31. The molecule has 2 heterocycles. The zero-order chi connectivity index (χ0) is 14.2. The summed E-state index contributed by atoms with van der Waals surface area (Å²) in [6, 6.07) is 10.5. The van der Waals surface area contributed by atoms with Gasteiger partial charge in [-0.3, -0.25) is 4.90 Å². The summed E-state index contributed by atoms with van der Waals surface area (Å²) in [4.78, 5) is 15.2. The molecule has 2 aliphatic heterocycles. The number of benzene rings is 1. The van der Waals surface area contributed by atoms with Gasteiger partial charge in [0.15, 0.2) is 0 Å². The molecule has 4 heteroatoms. The Morgan fingerprint density at radius 2 is 2.10 bits per heavy atom. The lowest BCUT2D eigenvalue weighted by atomic mass is 9.75. The highest BCUT2D eigenvalue weighted by Crippen LogP contribution is 2.42. The van der Waals surface area contributed by atoms with E-state index in [9.17, 15) is 9.90 Å². The van der Waals surface area contributed by atoms with E-state index >= 15 is 0 Å². The monoisotopic (exact) mass is 274 g/mol. The average Bonchev–Trinajstić information content (AvgIpc) is 2.74. The number of carboxylic acid groups (broad SMARTS) is 1. The minimum absolute atomic E-state index is 0.116. The number of piperidine rings is 1. The molecule has 0 spiro atoms. The number of rotatable bonds is 2. The van der Waals surface area contributed by atoms with Gasteiger partial charge in [0, 0.05) is 38.1 Å². The molecule has 108 valence electrons. The third kappa shape index (κ3) is 2.52. The minimum atomic E-state index is -0.772. The molecule has 0 radical (unpaired) electrons. The van der Waals surface area contributed by atoms with Crippen LogP contribution in [0, 0.1) is 11.3 Å². The van der Waals surface area contributed by atoms with E-state index < -0.39 is 6.09 Å². The Morgan fingerprint density at radius 1 is 1.35 bits per heavy atom. The SMILES string of the molecule is CC12CN(Cc3ccccc3)CC1CCN(C(=O)O)C2. The van der Waals surface area contributed by atoms with Crippen LogP contribution >= 0.6 is 0 Å². The van der Waals surface area contributed by atoms with Crippen molar-refractivity contribution < 1.29 is 9.90 Å². The zero-order valence-corrected chi connectivity index (χ0v) is 12.0. The van der Waals surface area contributed by atoms with E-state index in [1.54, 1.807) is 4.90 Å². The van der Waals surface area contributed by atoms with Gasteiger partial charge in [0.2, 0.25) is 0 Å². The Hall–Kier alpha value is -1.55. The lowest BCUT2D eigenvalue weighted by molar-refractivity contribution is 0.0687. The summed E-state index contributed by atoms with van der Waals surface area (Å²) in [6.45, 7) is 6.68. The van der Waals surface area contributed by atoms with E-state index in [0.717, 1.165) is 26.1 Å². The number of hydrogen-bond acceptors (Lipinski definition) is 2. The molecular weight excluding hydrogens is 252 g/mol. The average molecular weight is 274 g/mol. The van der Waals surface area contributed by atoms with Gasteiger partial charge < -0.3 is 10.0 Å². The fraction of sp³-hybridized carbons (Fsp3) is 0.562. The van der Waals surface area contributed by atoms with E-state index in [2.05, 4.69) is 36.1 Å². The van der Waals surface area contributed by atoms with Gasteiger partial charge in [0.1, 0.15) is 0 Å². The first-order valence-corrected chi connectivity index (χ1v) is 7.31. The zero-order valence-electron chi connectivity index (χ0n) is 12.0. The van der Waals surface area contributed by atoms with E-state index in [1.807, 2.05) is 6.07 Å². The molecule has 4 nitrogen and oxygen atoms in total. The van der Waals surface area contributed by atoms with E-state index in [4.69, 9.17) is 0 Å². The van der Waals surface area contributed by atoms with E-state index in [1.165, 1.54) is 5.56 Å². The summed E-state index contributed by atoms with van der Waals surface area (Å²) >= 11 is 0. The van der Waals surface area contributed by atoms with Crippen LogP contribution in [0.1, 0.15) is 18.9 Å². The molecule has 1 amide bonds. The van der Waals surface area contributed by atoms with Gasteiger partial charge in [-0.15, -0.1) is 0 Å². The standard InChI is InChI=1S/C16H22N2O2/c1-16-11-17(9-13-5-3-2-4-6-13)10-14(16)7-8-18(12-16)15(19)20/h2-6,14H,7-12H2,1H3,(H,19,20). The van der Waals surface area contributed by atoms with Crippen molar-refractivity contribution in [1.82, 2.24) is 9.80 Å². The maximum atomic E-state index is 11.2. The Labute approximate surface area is 120 Å². The predicted molar refractivity (Wildman–Crippen MR) is 77.5 cm³/mol. The van der Waals surface area contributed by atoms with Crippen LogP contribution in [0.5, 0.6) is 0 Å². The maximum absolute atomic E-state index is 11.2. The first kappa shape index (κ1) is 13.4. The lowest BCUT2D eigenvalue weighted by Gasteiger charge is -2.40. The molecule has 2 aliphatic rings. The summed E-state index contributed by atoms with van der Waals surface area (Å²) in [7, 11) is 0. The van der Waals surface area contributed by atoms with Crippen molar-refractivity contribution in [3.63, 3.8) is 0 Å². The molecule has 1 N–H and O–H groups in total. The highest BCUT2D eigenvalue weighted by atomic mass is 16.4. The van der Waals surface area contributed by atoms with Crippen LogP contribution in [0.4, 0.5) is 4.79 Å². The Morgan fingerprint density at radius 3 is 2.80 bits per heavy atom. The topological polar surface area (TPSA) is 43.8 Å². The van der Waals surface area contributed by atoms with E-state index in [-0.39, 0.29) is 5.41 Å². The van der Waals surface area contributed by atoms with Gasteiger partial charge in [0.05, 0.1) is 0 Å². The number of fused-ring (bicyclic) bond motifs is 1. The molecule has 2 unspecified atom stereocenters. The quantitative estimate of drug-likeness (QED) is 0.901. The van der Waals surface area contributed by atoms with Crippen LogP contribution in [0.15, 0.2) is 30.3 Å². The van der Waals surface area contributed by atoms with Crippen molar-refractivity contribution in [2.75, 3.05) is 26.2 Å². The maximum Gasteiger partial charge on any atom is 0.407 e. The number of carbonyl (C=O) groups is 1. The fourth-order valence-corrected chi connectivity index (χ4v) is 3.81. The second kappa shape index (κ2) is 5.09. The van der Waals surface area contributed by atoms with Crippen LogP contribution in [-0.4, -0.2) is 47.2 Å². The molecule has 0 aromatic heterocycles. The molecule has 3 rings (SSSR count). The van der Waals surface area contributed by atoms with Crippen molar-refractivity contribution in [3.05, 3.63) is 35.9 Å². The molecule has 1 aromatic carbocycles. The Balaban J connectivity index is 1.67. The fourth-order valence-electron chi connectivity index (χ4n) is 3.81. The summed E-state index contributed by atoms with van der Waals surface area (Å²) in [5, 5.41) is 9.19. The third-order valence-electron chi connectivity index (χ3n) is 4.87. The number of hydrogen-bond donors (Lipinski definition) is 1. The Kier molecular flexibility index (Phi) is 3.42.